The van der Waals surface area contributed by atoms with Crippen molar-refractivity contribution >= 4 is 5.69 Å². The maximum atomic E-state index is 6.61. The summed E-state index contributed by atoms with van der Waals surface area (Å²) in [5, 5.41) is 0. The molecule has 0 bridgehead atoms. The van der Waals surface area contributed by atoms with Crippen molar-refractivity contribution in [1.29, 1.82) is 0 Å². The maximum Gasteiger partial charge on any atom is 0.194 e. The first kappa shape index (κ1) is 21.6. The minimum atomic E-state index is -0.538. The average Bonchev–Trinajstić information content (AvgIpc) is 3.60. The first-order valence-corrected chi connectivity index (χ1v) is 12.2. The Kier molecular flexibility index (Phi) is 6.29. The van der Waals surface area contributed by atoms with Crippen LogP contribution in [0.4, 0.5) is 5.69 Å². The van der Waals surface area contributed by atoms with Crippen LogP contribution in [0, 0.1) is 5.92 Å². The zero-order valence-corrected chi connectivity index (χ0v) is 19.3. The molecule has 2 aliphatic carbocycles. The second-order valence-electron chi connectivity index (χ2n) is 9.54. The van der Waals surface area contributed by atoms with Crippen LogP contribution in [0.25, 0.3) is 0 Å². The van der Waals surface area contributed by atoms with Gasteiger partial charge in [0.1, 0.15) is 18.5 Å². The third-order valence-electron chi connectivity index (χ3n) is 7.39. The zero-order valence-electron chi connectivity index (χ0n) is 19.3. The van der Waals surface area contributed by atoms with E-state index in [0.29, 0.717) is 19.1 Å². The van der Waals surface area contributed by atoms with Crippen molar-refractivity contribution in [3.63, 3.8) is 0 Å². The Hall–Kier alpha value is -2.24. The predicted molar refractivity (Wildman–Crippen MR) is 128 cm³/mol. The van der Waals surface area contributed by atoms with Crippen LogP contribution in [0.5, 0.6) is 5.75 Å². The van der Waals surface area contributed by atoms with Crippen molar-refractivity contribution in [2.24, 2.45) is 5.92 Å². The molecule has 2 atom stereocenters. The summed E-state index contributed by atoms with van der Waals surface area (Å²) < 4.78 is 19.1. The number of rotatable bonds is 7. The monoisotopic (exact) mass is 436 g/mol. The second-order valence-corrected chi connectivity index (χ2v) is 9.54. The molecule has 0 amide bonds. The smallest absolute Gasteiger partial charge is 0.194 e. The third kappa shape index (κ3) is 4.33. The van der Waals surface area contributed by atoms with Crippen molar-refractivity contribution in [2.75, 3.05) is 44.3 Å². The minimum absolute atomic E-state index is 0.0352. The Labute approximate surface area is 192 Å². The van der Waals surface area contributed by atoms with Gasteiger partial charge in [-0.05, 0) is 56.0 Å². The molecule has 0 N–H and O–H groups in total. The second kappa shape index (κ2) is 9.32. The highest BCUT2D eigenvalue weighted by Gasteiger charge is 2.51. The van der Waals surface area contributed by atoms with E-state index >= 15 is 0 Å². The Morgan fingerprint density at radius 3 is 2.53 bits per heavy atom. The van der Waals surface area contributed by atoms with Gasteiger partial charge < -0.3 is 24.0 Å². The van der Waals surface area contributed by atoms with Gasteiger partial charge in [0, 0.05) is 43.5 Å². The van der Waals surface area contributed by atoms with Gasteiger partial charge in [0.05, 0.1) is 6.61 Å². The van der Waals surface area contributed by atoms with E-state index in [-0.39, 0.29) is 6.10 Å². The number of allylic oxidation sites excluding steroid dienone is 4. The van der Waals surface area contributed by atoms with Gasteiger partial charge in [-0.15, -0.1) is 0 Å². The molecule has 5 rings (SSSR count). The van der Waals surface area contributed by atoms with Gasteiger partial charge >= 0.3 is 0 Å². The largest absolute Gasteiger partial charge is 0.491 e. The van der Waals surface area contributed by atoms with Crippen LogP contribution in [0.2, 0.25) is 0 Å². The summed E-state index contributed by atoms with van der Waals surface area (Å²) in [6, 6.07) is 8.47. The molecule has 4 aliphatic rings. The van der Waals surface area contributed by atoms with Gasteiger partial charge in [0.25, 0.3) is 0 Å². The van der Waals surface area contributed by atoms with E-state index in [1.165, 1.54) is 36.9 Å². The molecule has 0 aromatic heterocycles. The number of benzene rings is 1. The number of ether oxygens (including phenoxy) is 3. The molecule has 2 unspecified atom stereocenters. The summed E-state index contributed by atoms with van der Waals surface area (Å²) >= 11 is 0. The van der Waals surface area contributed by atoms with E-state index in [9.17, 15) is 0 Å². The van der Waals surface area contributed by atoms with Gasteiger partial charge in [-0.3, -0.25) is 0 Å². The van der Waals surface area contributed by atoms with Gasteiger partial charge in [0.2, 0.25) is 0 Å². The van der Waals surface area contributed by atoms with E-state index in [2.05, 4.69) is 65.8 Å². The number of piperazine rings is 1. The molecule has 2 saturated heterocycles. The molecule has 1 aromatic rings. The lowest BCUT2D eigenvalue weighted by atomic mass is 9.89. The number of anilines is 1. The lowest BCUT2D eigenvalue weighted by Crippen LogP contribution is -2.45. The van der Waals surface area contributed by atoms with Crippen LogP contribution in [0.3, 0.4) is 0 Å². The van der Waals surface area contributed by atoms with Crippen LogP contribution in [0.15, 0.2) is 60.3 Å². The van der Waals surface area contributed by atoms with Crippen molar-refractivity contribution < 1.29 is 14.2 Å². The molecule has 0 radical (unpaired) electrons. The van der Waals surface area contributed by atoms with Gasteiger partial charge in [-0.25, -0.2) is 0 Å². The fourth-order valence-electron chi connectivity index (χ4n) is 5.56. The summed E-state index contributed by atoms with van der Waals surface area (Å²) in [7, 11) is 0. The molecule has 0 spiro atoms. The molecule has 2 heterocycles. The van der Waals surface area contributed by atoms with Crippen molar-refractivity contribution in [3.05, 3.63) is 60.3 Å². The zero-order chi connectivity index (χ0) is 22.0. The van der Waals surface area contributed by atoms with Crippen LogP contribution in [0.1, 0.15) is 39.0 Å². The maximum absolute atomic E-state index is 6.61. The summed E-state index contributed by atoms with van der Waals surface area (Å²) in [5.74, 6) is 0.811. The Balaban J connectivity index is 1.15. The summed E-state index contributed by atoms with van der Waals surface area (Å²) in [5.41, 5.74) is 3.69. The number of hydrogen-bond acceptors (Lipinski definition) is 5. The number of hydrogen-bond donors (Lipinski definition) is 0. The van der Waals surface area contributed by atoms with E-state index in [1.807, 2.05) is 0 Å². The van der Waals surface area contributed by atoms with Gasteiger partial charge in [-0.1, -0.05) is 37.6 Å². The van der Waals surface area contributed by atoms with Crippen LogP contribution < -0.4 is 9.64 Å². The topological polar surface area (TPSA) is 34.2 Å². The summed E-state index contributed by atoms with van der Waals surface area (Å²) in [6.45, 7) is 11.4. The van der Waals surface area contributed by atoms with Crippen LogP contribution in [-0.4, -0.2) is 56.2 Å². The predicted octanol–water partition coefficient (Wildman–Crippen LogP) is 4.91. The SMILES string of the molecule is C=C(C)N1CCN(c2ccc(OCC3COC(C4=CC=CC4)(C4CCCC4)O3)cc2)CC1. The standard InChI is InChI=1S/C27H36N2O3/c1-21(2)28-15-17-29(18-16-28)24-11-13-25(14-12-24)30-19-26-20-31-27(32-26,22-7-3-4-8-22)23-9-5-6-10-23/h3-4,7,11-14,23,26H,1,5-6,8-10,15-20H2,2H3. The molecular weight excluding hydrogens is 400 g/mol. The highest BCUT2D eigenvalue weighted by molar-refractivity contribution is 5.49. The van der Waals surface area contributed by atoms with Crippen LogP contribution >= 0.6 is 0 Å². The normalized spacial score (nSPS) is 28.4. The first-order chi connectivity index (χ1) is 15.6. The number of nitrogens with zero attached hydrogens (tertiary/aromatic N) is 2. The Bertz CT molecular complexity index is 863. The van der Waals surface area contributed by atoms with Crippen molar-refractivity contribution in [2.45, 2.75) is 50.9 Å². The van der Waals surface area contributed by atoms with E-state index < -0.39 is 5.79 Å². The van der Waals surface area contributed by atoms with Crippen LogP contribution in [-0.2, 0) is 9.47 Å². The lowest BCUT2D eigenvalue weighted by molar-refractivity contribution is -0.177. The highest BCUT2D eigenvalue weighted by atomic mass is 16.8. The Morgan fingerprint density at radius 2 is 1.88 bits per heavy atom. The quantitative estimate of drug-likeness (QED) is 0.607. The van der Waals surface area contributed by atoms with Crippen molar-refractivity contribution in [1.82, 2.24) is 4.90 Å². The third-order valence-corrected chi connectivity index (χ3v) is 7.39. The van der Waals surface area contributed by atoms with E-state index in [1.54, 1.807) is 0 Å². The van der Waals surface area contributed by atoms with Gasteiger partial charge in [0.15, 0.2) is 5.79 Å². The molecule has 1 aromatic carbocycles. The summed E-state index contributed by atoms with van der Waals surface area (Å²) in [4.78, 5) is 4.78. The van der Waals surface area contributed by atoms with Gasteiger partial charge in [-0.2, -0.15) is 0 Å². The molecule has 2 aliphatic heterocycles. The minimum Gasteiger partial charge on any atom is -0.491 e. The Morgan fingerprint density at radius 1 is 1.12 bits per heavy atom. The highest BCUT2D eigenvalue weighted by Crippen LogP contribution is 2.47. The molecule has 5 nitrogen and oxygen atoms in total. The fraction of sp³-hybridized carbons (Fsp3) is 0.556. The molecule has 3 fully saturated rings. The fourth-order valence-corrected chi connectivity index (χ4v) is 5.56. The van der Waals surface area contributed by atoms with Crippen molar-refractivity contribution in [3.8, 4) is 5.75 Å². The molecule has 1 saturated carbocycles. The molecule has 32 heavy (non-hydrogen) atoms. The average molecular weight is 437 g/mol. The van der Waals surface area contributed by atoms with E-state index in [0.717, 1.165) is 44.0 Å². The molecule has 172 valence electrons. The summed E-state index contributed by atoms with van der Waals surface area (Å²) in [6.07, 6.45) is 12.3. The lowest BCUT2D eigenvalue weighted by Gasteiger charge is -2.37. The molecule has 5 heteroatoms. The first-order valence-electron chi connectivity index (χ1n) is 12.2. The molecular formula is C27H36N2O3. The van der Waals surface area contributed by atoms with E-state index in [4.69, 9.17) is 14.2 Å².